The third-order valence-corrected chi connectivity index (χ3v) is 1.95. The molecule has 1 aromatic carbocycles. The summed E-state index contributed by atoms with van der Waals surface area (Å²) in [5, 5.41) is 10.6. The smallest absolute Gasteiger partial charge is 0.258 e. The van der Waals surface area contributed by atoms with Crippen molar-refractivity contribution in [3.8, 4) is 11.8 Å². The van der Waals surface area contributed by atoms with E-state index in [9.17, 15) is 23.3 Å². The van der Waals surface area contributed by atoms with Gasteiger partial charge in [0.2, 0.25) is 0 Å². The highest BCUT2D eigenvalue weighted by Crippen LogP contribution is 2.32. The van der Waals surface area contributed by atoms with Crippen LogP contribution in [-0.4, -0.2) is 10.8 Å². The van der Waals surface area contributed by atoms with Gasteiger partial charge in [-0.3, -0.25) is 10.1 Å². The average molecular weight is 264 g/mol. The van der Waals surface area contributed by atoms with Crippen LogP contribution < -0.4 is 0 Å². The van der Waals surface area contributed by atoms with Gasteiger partial charge in [-0.15, -0.1) is 11.6 Å². The minimum Gasteiger partial charge on any atom is -0.258 e. The maximum atomic E-state index is 12.3. The maximum absolute atomic E-state index is 12.3. The quantitative estimate of drug-likeness (QED) is 0.338. The third-order valence-electron chi connectivity index (χ3n) is 1.81. The fourth-order valence-electron chi connectivity index (χ4n) is 1.09. The average Bonchev–Trinajstić information content (AvgIpc) is 2.24. The van der Waals surface area contributed by atoms with Crippen molar-refractivity contribution in [1.82, 2.24) is 0 Å². The van der Waals surface area contributed by atoms with Gasteiger partial charge in [0.05, 0.1) is 16.4 Å². The number of benzene rings is 1. The zero-order valence-electron chi connectivity index (χ0n) is 8.21. The van der Waals surface area contributed by atoms with Gasteiger partial charge in [-0.2, -0.15) is 13.2 Å². The van der Waals surface area contributed by atoms with Gasteiger partial charge >= 0.3 is 6.18 Å². The van der Waals surface area contributed by atoms with Crippen molar-refractivity contribution in [2.75, 3.05) is 5.88 Å². The van der Waals surface area contributed by atoms with Crippen LogP contribution in [0.25, 0.3) is 0 Å². The van der Waals surface area contributed by atoms with E-state index in [1.54, 1.807) is 0 Å². The van der Waals surface area contributed by atoms with Crippen molar-refractivity contribution in [1.29, 1.82) is 0 Å². The lowest BCUT2D eigenvalue weighted by Crippen LogP contribution is -2.06. The molecular weight excluding hydrogens is 259 g/mol. The summed E-state index contributed by atoms with van der Waals surface area (Å²) in [5.74, 6) is 4.62. The van der Waals surface area contributed by atoms with E-state index in [-0.39, 0.29) is 11.4 Å². The molecule has 1 aromatic rings. The first kappa shape index (κ1) is 13.3. The first-order valence-electron chi connectivity index (χ1n) is 4.26. The predicted octanol–water partition coefficient (Wildman–Crippen LogP) is 3.20. The van der Waals surface area contributed by atoms with Gasteiger partial charge in [-0.25, -0.2) is 0 Å². The van der Waals surface area contributed by atoms with Crippen LogP contribution in [0.4, 0.5) is 18.9 Å². The van der Waals surface area contributed by atoms with E-state index in [1.165, 1.54) is 0 Å². The van der Waals surface area contributed by atoms with E-state index in [4.69, 9.17) is 11.6 Å². The molecule has 17 heavy (non-hydrogen) atoms. The van der Waals surface area contributed by atoms with Crippen LogP contribution in [0.3, 0.4) is 0 Å². The summed E-state index contributed by atoms with van der Waals surface area (Å²) >= 11 is 5.26. The molecule has 90 valence electrons. The summed E-state index contributed by atoms with van der Waals surface area (Å²) in [6, 6.07) is 2.16. The van der Waals surface area contributed by atoms with E-state index in [2.05, 4.69) is 11.8 Å². The lowest BCUT2D eigenvalue weighted by molar-refractivity contribution is -0.385. The summed E-state index contributed by atoms with van der Waals surface area (Å²) in [5.41, 5.74) is -1.86. The predicted molar refractivity (Wildman–Crippen MR) is 55.7 cm³/mol. The van der Waals surface area contributed by atoms with Crippen LogP contribution in [0.15, 0.2) is 18.2 Å². The van der Waals surface area contributed by atoms with E-state index in [1.807, 2.05) is 0 Å². The Kier molecular flexibility index (Phi) is 3.97. The molecule has 0 unspecified atom stereocenters. The summed E-state index contributed by atoms with van der Waals surface area (Å²) in [6.07, 6.45) is -4.62. The van der Waals surface area contributed by atoms with Crippen LogP contribution in [0.2, 0.25) is 0 Å². The molecule has 0 radical (unpaired) electrons. The summed E-state index contributed by atoms with van der Waals surface area (Å²) < 4.78 is 37.0. The minimum absolute atomic E-state index is 0.0574. The Morgan fingerprint density at radius 3 is 2.53 bits per heavy atom. The molecule has 0 saturated heterocycles. The van der Waals surface area contributed by atoms with Gasteiger partial charge in [0.15, 0.2) is 0 Å². The van der Waals surface area contributed by atoms with Crippen LogP contribution in [0.1, 0.15) is 11.1 Å². The Balaban J connectivity index is 3.32. The van der Waals surface area contributed by atoms with Crippen molar-refractivity contribution in [3.63, 3.8) is 0 Å². The van der Waals surface area contributed by atoms with Gasteiger partial charge in [0, 0.05) is 6.07 Å². The summed E-state index contributed by atoms with van der Waals surface area (Å²) in [7, 11) is 0. The molecule has 0 N–H and O–H groups in total. The van der Waals surface area contributed by atoms with Gasteiger partial charge < -0.3 is 0 Å². The topological polar surface area (TPSA) is 43.1 Å². The number of nitro groups is 1. The maximum Gasteiger partial charge on any atom is 0.416 e. The summed E-state index contributed by atoms with van der Waals surface area (Å²) in [4.78, 5) is 9.69. The Hall–Kier alpha value is -1.74. The van der Waals surface area contributed by atoms with Crippen LogP contribution in [0, 0.1) is 22.0 Å². The number of nitro benzene ring substituents is 1. The molecule has 0 aliphatic rings. The second kappa shape index (κ2) is 5.06. The minimum atomic E-state index is -4.62. The van der Waals surface area contributed by atoms with Crippen LogP contribution in [0.5, 0.6) is 0 Å². The molecule has 7 heteroatoms. The molecule has 0 atom stereocenters. The molecule has 3 nitrogen and oxygen atoms in total. The molecule has 0 bridgehead atoms. The van der Waals surface area contributed by atoms with Crippen LogP contribution >= 0.6 is 11.6 Å². The molecule has 0 aromatic heterocycles. The van der Waals surface area contributed by atoms with Crippen molar-refractivity contribution in [2.45, 2.75) is 6.18 Å². The van der Waals surface area contributed by atoms with E-state index >= 15 is 0 Å². The largest absolute Gasteiger partial charge is 0.416 e. The molecule has 0 heterocycles. The molecule has 0 aliphatic carbocycles. The number of halogens is 4. The molecule has 1 rings (SSSR count). The van der Waals surface area contributed by atoms with Crippen LogP contribution in [-0.2, 0) is 6.18 Å². The zero-order valence-corrected chi connectivity index (χ0v) is 8.97. The van der Waals surface area contributed by atoms with Crippen molar-refractivity contribution >= 4 is 17.3 Å². The monoisotopic (exact) mass is 263 g/mol. The normalized spacial score (nSPS) is 10.6. The number of hydrogen-bond acceptors (Lipinski definition) is 2. The van der Waals surface area contributed by atoms with Crippen molar-refractivity contribution in [2.24, 2.45) is 0 Å². The Labute approximate surface area is 99.3 Å². The highest BCUT2D eigenvalue weighted by Gasteiger charge is 2.32. The molecular formula is C10H5ClF3NO2. The van der Waals surface area contributed by atoms with Gasteiger partial charge in [0.25, 0.3) is 5.69 Å². The summed E-state index contributed by atoms with van der Waals surface area (Å²) in [6.45, 7) is 0. The van der Waals surface area contributed by atoms with E-state index in [0.717, 1.165) is 12.1 Å². The Bertz CT molecular complexity index is 502. The SMILES string of the molecule is O=[N+]([O-])c1cc(C(F)(F)F)ccc1C#CCCl. The second-order valence-electron chi connectivity index (χ2n) is 2.92. The molecule has 0 saturated carbocycles. The fraction of sp³-hybridized carbons (Fsp3) is 0.200. The first-order valence-corrected chi connectivity index (χ1v) is 4.80. The lowest BCUT2D eigenvalue weighted by Gasteiger charge is -2.06. The lowest BCUT2D eigenvalue weighted by atomic mass is 10.1. The van der Waals surface area contributed by atoms with E-state index in [0.29, 0.717) is 6.07 Å². The standard InChI is InChI=1S/C10H5ClF3NO2/c11-5-1-2-7-3-4-8(10(12,13)14)6-9(7)15(16)17/h3-4,6H,5H2. The molecule has 0 spiro atoms. The van der Waals surface area contributed by atoms with E-state index < -0.39 is 22.4 Å². The zero-order chi connectivity index (χ0) is 13.1. The Morgan fingerprint density at radius 1 is 1.41 bits per heavy atom. The van der Waals surface area contributed by atoms with Gasteiger partial charge in [-0.1, -0.05) is 11.8 Å². The van der Waals surface area contributed by atoms with Gasteiger partial charge in [0.1, 0.15) is 5.56 Å². The highest BCUT2D eigenvalue weighted by atomic mass is 35.5. The number of nitrogens with zero attached hydrogens (tertiary/aromatic N) is 1. The molecule has 0 fully saturated rings. The third kappa shape index (κ3) is 3.36. The second-order valence-corrected chi connectivity index (χ2v) is 3.19. The number of rotatable bonds is 1. The first-order chi connectivity index (χ1) is 7.86. The van der Waals surface area contributed by atoms with Gasteiger partial charge in [-0.05, 0) is 12.1 Å². The number of hydrogen-bond donors (Lipinski definition) is 0. The van der Waals surface area contributed by atoms with Crippen molar-refractivity contribution in [3.05, 3.63) is 39.4 Å². The molecule has 0 aliphatic heterocycles. The highest BCUT2D eigenvalue weighted by molar-refractivity contribution is 6.19. The number of alkyl halides is 4. The Morgan fingerprint density at radius 2 is 2.06 bits per heavy atom. The molecule has 0 amide bonds. The fourth-order valence-corrected chi connectivity index (χ4v) is 1.16. The van der Waals surface area contributed by atoms with Crippen molar-refractivity contribution < 1.29 is 18.1 Å².